The Morgan fingerprint density at radius 2 is 1.97 bits per heavy atom. The van der Waals surface area contributed by atoms with Gasteiger partial charge in [0.05, 0.1) is 22.8 Å². The third-order valence-electron chi connectivity index (χ3n) is 6.49. The summed E-state index contributed by atoms with van der Waals surface area (Å²) in [5.41, 5.74) is 4.89. The van der Waals surface area contributed by atoms with E-state index >= 15 is 0 Å². The van der Waals surface area contributed by atoms with E-state index in [2.05, 4.69) is 9.97 Å². The van der Waals surface area contributed by atoms with E-state index in [-0.39, 0.29) is 6.42 Å². The number of rotatable bonds is 9. The molecule has 0 aliphatic carbocycles. The van der Waals surface area contributed by atoms with Crippen LogP contribution in [0.15, 0.2) is 18.6 Å². The molecule has 6 atom stereocenters. The number of ether oxygens (including phenoxy) is 1. The summed E-state index contributed by atoms with van der Waals surface area (Å²) in [6.45, 7) is 7.25. The standard InChI is InChI=1S/C20H33N4O6P/c1-5-12(4)31(27,28)30-20(6-2,7-3)10-14-15(25)16(26)19(29-14)24-9-8-13-17(21)22-11-23-18(13)24/h8-9,11-12,14-16,19,25-26H,5-7,10H2,1-4H3,(H,27,28)(H2,21,22,23)/t12?,14?,15-,16-,19-/m1/s1. The number of hydrogen-bond donors (Lipinski definition) is 4. The van der Waals surface area contributed by atoms with E-state index in [4.69, 9.17) is 15.0 Å². The Balaban J connectivity index is 1.85. The lowest BCUT2D eigenvalue weighted by atomic mass is 9.88. The number of nitrogens with zero attached hydrogens (tertiary/aromatic N) is 3. The van der Waals surface area contributed by atoms with Crippen molar-refractivity contribution in [3.63, 3.8) is 0 Å². The Morgan fingerprint density at radius 1 is 1.29 bits per heavy atom. The maximum Gasteiger partial charge on any atom is 0.331 e. The van der Waals surface area contributed by atoms with Crippen molar-refractivity contribution in [2.45, 2.75) is 89.2 Å². The van der Waals surface area contributed by atoms with Gasteiger partial charge in [0.15, 0.2) is 6.23 Å². The van der Waals surface area contributed by atoms with Gasteiger partial charge in [0.25, 0.3) is 0 Å². The fourth-order valence-corrected chi connectivity index (χ4v) is 5.52. The lowest BCUT2D eigenvalue weighted by molar-refractivity contribution is -0.0711. The summed E-state index contributed by atoms with van der Waals surface area (Å²) < 4.78 is 26.3. The zero-order valence-corrected chi connectivity index (χ0v) is 19.3. The molecule has 1 aliphatic heterocycles. The number of nitrogen functional groups attached to an aromatic ring is 1. The summed E-state index contributed by atoms with van der Waals surface area (Å²) in [5, 5.41) is 22.1. The molecule has 5 N–H and O–H groups in total. The summed E-state index contributed by atoms with van der Waals surface area (Å²) in [6, 6.07) is 1.72. The second-order valence-electron chi connectivity index (χ2n) is 8.27. The highest BCUT2D eigenvalue weighted by molar-refractivity contribution is 7.53. The van der Waals surface area contributed by atoms with Gasteiger partial charge in [0.1, 0.15) is 30.0 Å². The molecule has 0 bridgehead atoms. The van der Waals surface area contributed by atoms with Crippen LogP contribution < -0.4 is 5.73 Å². The van der Waals surface area contributed by atoms with Crippen LogP contribution in [0.5, 0.6) is 0 Å². The normalized spacial score (nSPS) is 27.5. The Kier molecular flexibility index (Phi) is 7.10. The zero-order valence-electron chi connectivity index (χ0n) is 18.4. The molecule has 31 heavy (non-hydrogen) atoms. The Bertz CT molecular complexity index is 949. The van der Waals surface area contributed by atoms with E-state index in [1.54, 1.807) is 23.8 Å². The fraction of sp³-hybridized carbons (Fsp3) is 0.700. The summed E-state index contributed by atoms with van der Waals surface area (Å²) in [4.78, 5) is 18.6. The van der Waals surface area contributed by atoms with E-state index in [0.717, 1.165) is 0 Å². The van der Waals surface area contributed by atoms with E-state index < -0.39 is 43.4 Å². The summed E-state index contributed by atoms with van der Waals surface area (Å²) in [7, 11) is -3.87. The average Bonchev–Trinajstić information content (AvgIpc) is 3.29. The van der Waals surface area contributed by atoms with Crippen LogP contribution >= 0.6 is 7.60 Å². The van der Waals surface area contributed by atoms with Crippen LogP contribution in [0.25, 0.3) is 11.0 Å². The molecule has 0 amide bonds. The molecule has 0 saturated carbocycles. The maximum atomic E-state index is 12.8. The Hall–Kier alpha value is -1.55. The molecule has 3 heterocycles. The predicted molar refractivity (Wildman–Crippen MR) is 116 cm³/mol. The molecule has 1 saturated heterocycles. The van der Waals surface area contributed by atoms with Crippen molar-refractivity contribution < 1.29 is 28.9 Å². The monoisotopic (exact) mass is 456 g/mol. The van der Waals surface area contributed by atoms with Gasteiger partial charge in [-0.3, -0.25) is 4.57 Å². The molecular weight excluding hydrogens is 423 g/mol. The number of aliphatic hydroxyl groups is 2. The van der Waals surface area contributed by atoms with Crippen LogP contribution in [-0.2, 0) is 13.8 Å². The van der Waals surface area contributed by atoms with Crippen LogP contribution in [0.3, 0.4) is 0 Å². The first-order chi connectivity index (χ1) is 14.6. The van der Waals surface area contributed by atoms with E-state index in [0.29, 0.717) is 36.1 Å². The van der Waals surface area contributed by atoms with Gasteiger partial charge in [-0.25, -0.2) is 9.97 Å². The number of hydrogen-bond acceptors (Lipinski definition) is 8. The smallest absolute Gasteiger partial charge is 0.331 e. The maximum absolute atomic E-state index is 12.8. The number of anilines is 1. The highest BCUT2D eigenvalue weighted by Crippen LogP contribution is 2.54. The highest BCUT2D eigenvalue weighted by Gasteiger charge is 2.49. The molecule has 0 spiro atoms. The quantitative estimate of drug-likeness (QED) is 0.417. The third-order valence-corrected chi connectivity index (χ3v) is 8.61. The van der Waals surface area contributed by atoms with Crippen LogP contribution in [0, 0.1) is 0 Å². The number of fused-ring (bicyclic) bond motifs is 1. The molecule has 1 aliphatic rings. The average molecular weight is 456 g/mol. The molecule has 1 fully saturated rings. The minimum absolute atomic E-state index is 0.159. The van der Waals surface area contributed by atoms with Gasteiger partial charge < -0.3 is 34.7 Å². The number of nitrogens with two attached hydrogens (primary N) is 1. The molecule has 174 valence electrons. The molecule has 3 rings (SSSR count). The molecule has 3 unspecified atom stereocenters. The van der Waals surface area contributed by atoms with Gasteiger partial charge >= 0.3 is 7.60 Å². The summed E-state index contributed by atoms with van der Waals surface area (Å²) >= 11 is 0. The van der Waals surface area contributed by atoms with Crippen LogP contribution in [-0.4, -0.2) is 59.2 Å². The van der Waals surface area contributed by atoms with Crippen molar-refractivity contribution in [3.05, 3.63) is 18.6 Å². The van der Waals surface area contributed by atoms with E-state index in [1.165, 1.54) is 6.33 Å². The van der Waals surface area contributed by atoms with Gasteiger partial charge in [-0.15, -0.1) is 0 Å². The molecular formula is C20H33N4O6P. The molecule has 2 aromatic rings. The largest absolute Gasteiger partial charge is 0.388 e. The van der Waals surface area contributed by atoms with Gasteiger partial charge in [-0.2, -0.15) is 0 Å². The highest BCUT2D eigenvalue weighted by atomic mass is 31.2. The van der Waals surface area contributed by atoms with Crippen LogP contribution in [0.4, 0.5) is 5.82 Å². The Labute approximate surface area is 181 Å². The minimum Gasteiger partial charge on any atom is -0.388 e. The second kappa shape index (κ2) is 9.13. The fourth-order valence-electron chi connectivity index (χ4n) is 3.99. The Morgan fingerprint density at radius 3 is 2.58 bits per heavy atom. The molecule has 11 heteroatoms. The first-order valence-electron chi connectivity index (χ1n) is 10.7. The molecule has 2 aromatic heterocycles. The molecule has 0 aromatic carbocycles. The van der Waals surface area contributed by atoms with Gasteiger partial charge in [-0.1, -0.05) is 27.7 Å². The zero-order chi connectivity index (χ0) is 23.0. The lowest BCUT2D eigenvalue weighted by Crippen LogP contribution is -2.40. The topological polar surface area (TPSA) is 153 Å². The van der Waals surface area contributed by atoms with Crippen molar-refractivity contribution in [2.75, 3.05) is 5.73 Å². The molecule has 10 nitrogen and oxygen atoms in total. The third kappa shape index (κ3) is 4.51. The van der Waals surface area contributed by atoms with E-state index in [9.17, 15) is 19.7 Å². The van der Waals surface area contributed by atoms with E-state index in [1.807, 2.05) is 20.8 Å². The number of aromatic nitrogens is 3. The van der Waals surface area contributed by atoms with Gasteiger partial charge in [-0.05, 0) is 25.3 Å². The van der Waals surface area contributed by atoms with Crippen molar-refractivity contribution in [1.82, 2.24) is 14.5 Å². The van der Waals surface area contributed by atoms with Crippen molar-refractivity contribution in [1.29, 1.82) is 0 Å². The predicted octanol–water partition coefficient (Wildman–Crippen LogP) is 2.58. The van der Waals surface area contributed by atoms with Crippen LogP contribution in [0.1, 0.15) is 59.6 Å². The van der Waals surface area contributed by atoms with Crippen molar-refractivity contribution in [3.8, 4) is 0 Å². The van der Waals surface area contributed by atoms with Crippen LogP contribution in [0.2, 0.25) is 0 Å². The summed E-state index contributed by atoms with van der Waals surface area (Å²) in [5.74, 6) is 0.307. The van der Waals surface area contributed by atoms with Gasteiger partial charge in [0, 0.05) is 12.6 Å². The second-order valence-corrected chi connectivity index (χ2v) is 10.5. The SMILES string of the molecule is CCC(C)P(=O)(O)OC(CC)(CC)CC1O[C@@H](n2ccc3c(N)ncnc32)[C@H](O)[C@@H]1O. The van der Waals surface area contributed by atoms with Gasteiger partial charge in [0.2, 0.25) is 0 Å². The summed E-state index contributed by atoms with van der Waals surface area (Å²) in [6.07, 6.45) is 0.447. The minimum atomic E-state index is -3.87. The van der Waals surface area contributed by atoms with Crippen molar-refractivity contribution >= 4 is 24.4 Å². The van der Waals surface area contributed by atoms with Crippen molar-refractivity contribution in [2.24, 2.45) is 0 Å². The first-order valence-corrected chi connectivity index (χ1v) is 12.4. The first kappa shape index (κ1) is 24.1. The molecule has 0 radical (unpaired) electrons. The number of aliphatic hydroxyl groups excluding tert-OH is 2. The lowest BCUT2D eigenvalue weighted by Gasteiger charge is -2.37.